The molecule has 7 aromatic carbocycles. The van der Waals surface area contributed by atoms with Crippen molar-refractivity contribution < 1.29 is 0 Å². The van der Waals surface area contributed by atoms with E-state index in [1.165, 1.54) is 91.8 Å². The van der Waals surface area contributed by atoms with Crippen LogP contribution in [0.15, 0.2) is 140 Å². The van der Waals surface area contributed by atoms with Crippen LogP contribution in [0, 0.1) is 0 Å². The zero-order chi connectivity index (χ0) is 29.9. The second kappa shape index (κ2) is 8.94. The Morgan fingerprint density at radius 3 is 2.09 bits per heavy atom. The summed E-state index contributed by atoms with van der Waals surface area (Å²) in [5.41, 5.74) is 11.7. The van der Waals surface area contributed by atoms with Crippen molar-refractivity contribution in [3.8, 4) is 27.9 Å². The molecule has 1 aliphatic carbocycles. The summed E-state index contributed by atoms with van der Waals surface area (Å²) < 4.78 is 5.25. The SMILES string of the molecule is CC1(C)c2ccccc2-c2ccc(-n3c4ccc(-c5ccccc5)cc4c4c5ccccc5c5sc6ccccc6c5c43)cc21. The second-order valence-corrected chi connectivity index (χ2v) is 14.0. The van der Waals surface area contributed by atoms with Gasteiger partial charge in [0.2, 0.25) is 0 Å². The number of fused-ring (bicyclic) bond motifs is 13. The van der Waals surface area contributed by atoms with E-state index < -0.39 is 0 Å². The monoisotopic (exact) mass is 591 g/mol. The summed E-state index contributed by atoms with van der Waals surface area (Å²) in [6.07, 6.45) is 0. The lowest BCUT2D eigenvalue weighted by molar-refractivity contribution is 0.660. The van der Waals surface area contributed by atoms with E-state index in [1.54, 1.807) is 0 Å². The minimum atomic E-state index is -0.0712. The van der Waals surface area contributed by atoms with Crippen molar-refractivity contribution in [1.82, 2.24) is 4.57 Å². The van der Waals surface area contributed by atoms with E-state index in [-0.39, 0.29) is 5.41 Å². The molecular formula is C43H29NS. The molecule has 9 aromatic rings. The fourth-order valence-electron chi connectivity index (χ4n) is 8.08. The molecule has 0 spiro atoms. The summed E-state index contributed by atoms with van der Waals surface area (Å²) in [7, 11) is 0. The number of benzene rings is 7. The molecule has 0 saturated heterocycles. The van der Waals surface area contributed by atoms with Crippen LogP contribution in [0.2, 0.25) is 0 Å². The molecule has 0 aliphatic heterocycles. The van der Waals surface area contributed by atoms with Gasteiger partial charge in [-0.15, -0.1) is 11.3 Å². The van der Waals surface area contributed by atoms with E-state index in [9.17, 15) is 0 Å². The van der Waals surface area contributed by atoms with Crippen LogP contribution >= 0.6 is 11.3 Å². The number of thiophene rings is 1. The van der Waals surface area contributed by atoms with Crippen molar-refractivity contribution in [3.63, 3.8) is 0 Å². The molecule has 0 atom stereocenters. The molecule has 0 amide bonds. The Morgan fingerprint density at radius 2 is 1.22 bits per heavy atom. The molecule has 0 bridgehead atoms. The van der Waals surface area contributed by atoms with Crippen LogP contribution in [0.1, 0.15) is 25.0 Å². The van der Waals surface area contributed by atoms with E-state index in [0.29, 0.717) is 0 Å². The van der Waals surface area contributed by atoms with Crippen molar-refractivity contribution in [2.24, 2.45) is 0 Å². The van der Waals surface area contributed by atoms with Gasteiger partial charge in [-0.3, -0.25) is 0 Å². The number of aromatic nitrogens is 1. The van der Waals surface area contributed by atoms with E-state index in [1.807, 2.05) is 11.3 Å². The van der Waals surface area contributed by atoms with Crippen molar-refractivity contribution in [1.29, 1.82) is 0 Å². The van der Waals surface area contributed by atoms with Crippen LogP contribution in [-0.2, 0) is 5.41 Å². The first-order valence-corrected chi connectivity index (χ1v) is 16.5. The van der Waals surface area contributed by atoms with Gasteiger partial charge in [0.25, 0.3) is 0 Å². The Bertz CT molecular complexity index is 2670. The van der Waals surface area contributed by atoms with Crippen LogP contribution in [0.3, 0.4) is 0 Å². The minimum absolute atomic E-state index is 0.0712. The molecule has 10 rings (SSSR count). The molecule has 0 unspecified atom stereocenters. The van der Waals surface area contributed by atoms with Crippen LogP contribution < -0.4 is 0 Å². The number of nitrogens with zero attached hydrogens (tertiary/aromatic N) is 1. The van der Waals surface area contributed by atoms with Crippen LogP contribution in [0.4, 0.5) is 0 Å². The Morgan fingerprint density at radius 1 is 0.511 bits per heavy atom. The molecule has 0 fully saturated rings. The highest BCUT2D eigenvalue weighted by Crippen LogP contribution is 2.51. The van der Waals surface area contributed by atoms with E-state index >= 15 is 0 Å². The average Bonchev–Trinajstić information content (AvgIpc) is 3.71. The number of hydrogen-bond donors (Lipinski definition) is 0. The summed E-state index contributed by atoms with van der Waals surface area (Å²) in [5, 5.41) is 7.95. The van der Waals surface area contributed by atoms with Crippen LogP contribution in [0.25, 0.3) is 80.7 Å². The van der Waals surface area contributed by atoms with Crippen molar-refractivity contribution in [3.05, 3.63) is 151 Å². The first kappa shape index (κ1) is 25.2. The van der Waals surface area contributed by atoms with Crippen molar-refractivity contribution in [2.75, 3.05) is 0 Å². The fraction of sp³-hybridized carbons (Fsp3) is 0.0698. The van der Waals surface area contributed by atoms with Gasteiger partial charge in [-0.2, -0.15) is 0 Å². The maximum absolute atomic E-state index is 2.56. The van der Waals surface area contributed by atoms with E-state index in [0.717, 1.165) is 0 Å². The maximum Gasteiger partial charge on any atom is 0.0640 e. The normalized spacial score (nSPS) is 13.7. The van der Waals surface area contributed by atoms with Gasteiger partial charge in [0, 0.05) is 47.4 Å². The molecule has 2 heterocycles. The second-order valence-electron chi connectivity index (χ2n) is 12.9. The Labute approximate surface area is 265 Å². The maximum atomic E-state index is 2.56. The third-order valence-corrected chi connectivity index (χ3v) is 11.4. The van der Waals surface area contributed by atoms with Gasteiger partial charge < -0.3 is 4.57 Å². The Kier molecular flexibility index (Phi) is 5.00. The summed E-state index contributed by atoms with van der Waals surface area (Å²) >= 11 is 1.92. The Balaban J connectivity index is 1.41. The lowest BCUT2D eigenvalue weighted by Crippen LogP contribution is -2.15. The molecule has 2 aromatic heterocycles. The first-order valence-electron chi connectivity index (χ1n) is 15.7. The van der Waals surface area contributed by atoms with Crippen LogP contribution in [-0.4, -0.2) is 4.57 Å². The third-order valence-electron chi connectivity index (χ3n) is 10.2. The number of rotatable bonds is 2. The quantitative estimate of drug-likeness (QED) is 0.188. The highest BCUT2D eigenvalue weighted by Gasteiger charge is 2.35. The molecule has 212 valence electrons. The van der Waals surface area contributed by atoms with Crippen molar-refractivity contribution in [2.45, 2.75) is 19.3 Å². The zero-order valence-corrected chi connectivity index (χ0v) is 26.0. The molecular weight excluding hydrogens is 563 g/mol. The summed E-state index contributed by atoms with van der Waals surface area (Å²) in [4.78, 5) is 0. The lowest BCUT2D eigenvalue weighted by Gasteiger charge is -2.22. The topological polar surface area (TPSA) is 4.93 Å². The lowest BCUT2D eigenvalue weighted by atomic mass is 9.82. The smallest absolute Gasteiger partial charge is 0.0640 e. The number of hydrogen-bond acceptors (Lipinski definition) is 1. The molecule has 2 heteroatoms. The summed E-state index contributed by atoms with van der Waals surface area (Å²) in [6, 6.07) is 51.9. The van der Waals surface area contributed by atoms with Gasteiger partial charge in [0.1, 0.15) is 0 Å². The minimum Gasteiger partial charge on any atom is -0.309 e. The van der Waals surface area contributed by atoms with Gasteiger partial charge in [-0.25, -0.2) is 0 Å². The molecule has 1 aliphatic rings. The van der Waals surface area contributed by atoms with Gasteiger partial charge >= 0.3 is 0 Å². The highest BCUT2D eigenvalue weighted by molar-refractivity contribution is 7.27. The van der Waals surface area contributed by atoms with Crippen LogP contribution in [0.5, 0.6) is 0 Å². The molecule has 1 nitrogen and oxygen atoms in total. The largest absolute Gasteiger partial charge is 0.309 e. The zero-order valence-electron chi connectivity index (χ0n) is 25.1. The van der Waals surface area contributed by atoms with Gasteiger partial charge in [-0.1, -0.05) is 123 Å². The summed E-state index contributed by atoms with van der Waals surface area (Å²) in [6.45, 7) is 4.75. The van der Waals surface area contributed by atoms with Crippen molar-refractivity contribution >= 4 is 64.1 Å². The summed E-state index contributed by atoms with van der Waals surface area (Å²) in [5.74, 6) is 0. The Hall–Kier alpha value is -5.18. The molecule has 0 saturated carbocycles. The molecule has 45 heavy (non-hydrogen) atoms. The standard InChI is InChI=1S/C43H29NS/c1-43(2)35-18-10-8-14-29(35)30-22-21-28(25-36(30)43)44-37-23-20-27(26-12-4-3-5-13-26)24-34(37)39-31-15-6-7-16-32(31)42-40(41(39)44)33-17-9-11-19-38(33)45-42/h3-25H,1-2H3. The van der Waals surface area contributed by atoms with Gasteiger partial charge in [0.15, 0.2) is 0 Å². The van der Waals surface area contributed by atoms with Gasteiger partial charge in [0.05, 0.1) is 11.0 Å². The third kappa shape index (κ3) is 3.32. The predicted octanol–water partition coefficient (Wildman–Crippen LogP) is 12.3. The van der Waals surface area contributed by atoms with E-state index in [4.69, 9.17) is 0 Å². The first-order chi connectivity index (χ1) is 22.1. The fourth-order valence-corrected chi connectivity index (χ4v) is 9.32. The van der Waals surface area contributed by atoms with E-state index in [2.05, 4.69) is 158 Å². The van der Waals surface area contributed by atoms with Gasteiger partial charge in [-0.05, 0) is 69.1 Å². The average molecular weight is 592 g/mol. The highest BCUT2D eigenvalue weighted by atomic mass is 32.1. The molecule has 0 radical (unpaired) electrons. The molecule has 0 N–H and O–H groups in total. The predicted molar refractivity (Wildman–Crippen MR) is 194 cm³/mol.